The number of aryl methyl sites for hydroxylation is 1. The topological polar surface area (TPSA) is 82.6 Å². The Bertz CT molecular complexity index is 858. The number of benzene rings is 1. The van der Waals surface area contributed by atoms with Crippen LogP contribution in [0.5, 0.6) is 0 Å². The zero-order chi connectivity index (χ0) is 19.9. The molecule has 0 radical (unpaired) electrons. The van der Waals surface area contributed by atoms with Crippen LogP contribution in [0.3, 0.4) is 0 Å². The Hall–Kier alpha value is -1.90. The monoisotopic (exact) mass is 408 g/mol. The highest BCUT2D eigenvalue weighted by atomic mass is 32.2. The van der Waals surface area contributed by atoms with Gasteiger partial charge in [-0.2, -0.15) is 0 Å². The zero-order valence-corrected chi connectivity index (χ0v) is 17.9. The molecule has 0 aliphatic heterocycles. The molecule has 148 valence electrons. The van der Waals surface area contributed by atoms with E-state index in [4.69, 9.17) is 0 Å². The lowest BCUT2D eigenvalue weighted by atomic mass is 10.1. The Balaban J connectivity index is 1.84. The number of nitrogens with one attached hydrogen (secondary N) is 3. The highest BCUT2D eigenvalue weighted by Crippen LogP contribution is 2.16. The van der Waals surface area contributed by atoms with Crippen LogP contribution in [0, 0.1) is 6.92 Å². The van der Waals surface area contributed by atoms with Crippen LogP contribution in [-0.4, -0.2) is 34.5 Å². The lowest BCUT2D eigenvalue weighted by Crippen LogP contribution is -2.42. The Morgan fingerprint density at radius 3 is 2.37 bits per heavy atom. The fraction of sp³-hybridized carbons (Fsp3) is 0.421. The van der Waals surface area contributed by atoms with E-state index in [9.17, 15) is 8.42 Å². The van der Waals surface area contributed by atoms with E-state index in [1.807, 2.05) is 35.6 Å². The van der Waals surface area contributed by atoms with Gasteiger partial charge in [-0.3, -0.25) is 4.99 Å². The van der Waals surface area contributed by atoms with Gasteiger partial charge >= 0.3 is 0 Å². The van der Waals surface area contributed by atoms with E-state index >= 15 is 0 Å². The predicted molar refractivity (Wildman–Crippen MR) is 114 cm³/mol. The second-order valence-electron chi connectivity index (χ2n) is 6.47. The largest absolute Gasteiger partial charge is 0.354 e. The maximum Gasteiger partial charge on any atom is 0.215 e. The smallest absolute Gasteiger partial charge is 0.215 e. The minimum absolute atomic E-state index is 0.0137. The van der Waals surface area contributed by atoms with E-state index in [-0.39, 0.29) is 11.8 Å². The summed E-state index contributed by atoms with van der Waals surface area (Å²) in [5, 5.41) is 6.70. The molecular formula is C19H28N4O2S2. The first-order valence-corrected chi connectivity index (χ1v) is 11.3. The number of sulfonamides is 1. The molecule has 0 bridgehead atoms. The van der Waals surface area contributed by atoms with E-state index in [0.29, 0.717) is 6.54 Å². The lowest BCUT2D eigenvalue weighted by molar-refractivity contribution is 0.587. The van der Waals surface area contributed by atoms with Crippen molar-refractivity contribution >= 4 is 27.3 Å². The minimum atomic E-state index is -3.25. The first kappa shape index (κ1) is 21.4. The van der Waals surface area contributed by atoms with Crippen LogP contribution in [0.25, 0.3) is 0 Å². The molecule has 3 N–H and O–H groups in total. The van der Waals surface area contributed by atoms with E-state index in [1.54, 1.807) is 7.05 Å². The number of guanidine groups is 1. The van der Waals surface area contributed by atoms with Crippen molar-refractivity contribution in [2.24, 2.45) is 4.99 Å². The molecule has 0 aliphatic carbocycles. The van der Waals surface area contributed by atoms with Gasteiger partial charge in [0.25, 0.3) is 0 Å². The highest BCUT2D eigenvalue weighted by Gasteiger charge is 2.09. The molecule has 1 atom stereocenters. The summed E-state index contributed by atoms with van der Waals surface area (Å²) in [6.45, 7) is 4.87. The quantitative estimate of drug-likeness (QED) is 0.463. The van der Waals surface area contributed by atoms with Gasteiger partial charge < -0.3 is 10.6 Å². The summed E-state index contributed by atoms with van der Waals surface area (Å²) in [5.41, 5.74) is 1.82. The van der Waals surface area contributed by atoms with Crippen molar-refractivity contribution in [3.05, 3.63) is 57.3 Å². The molecule has 8 heteroatoms. The molecule has 6 nitrogen and oxygen atoms in total. The number of thiophene rings is 1. The third-order valence-electron chi connectivity index (χ3n) is 4.06. The zero-order valence-electron chi connectivity index (χ0n) is 16.2. The van der Waals surface area contributed by atoms with Crippen molar-refractivity contribution in [3.63, 3.8) is 0 Å². The van der Waals surface area contributed by atoms with Crippen molar-refractivity contribution in [2.45, 2.75) is 38.6 Å². The Morgan fingerprint density at radius 2 is 1.81 bits per heavy atom. The van der Waals surface area contributed by atoms with Crippen molar-refractivity contribution in [1.29, 1.82) is 0 Å². The normalized spacial score (nSPS) is 13.4. The third kappa shape index (κ3) is 7.32. The van der Waals surface area contributed by atoms with Crippen molar-refractivity contribution < 1.29 is 8.42 Å². The van der Waals surface area contributed by atoms with Crippen LogP contribution in [0.4, 0.5) is 0 Å². The first-order chi connectivity index (χ1) is 12.8. The van der Waals surface area contributed by atoms with Crippen molar-refractivity contribution in [2.75, 3.05) is 14.1 Å². The molecule has 0 aliphatic rings. The maximum atomic E-state index is 11.6. The third-order valence-corrected chi connectivity index (χ3v) is 6.42. The van der Waals surface area contributed by atoms with E-state index in [2.05, 4.69) is 46.3 Å². The summed E-state index contributed by atoms with van der Waals surface area (Å²) in [7, 11) is -0.0704. The average Bonchev–Trinajstić information content (AvgIpc) is 3.04. The van der Waals surface area contributed by atoms with Crippen LogP contribution in [0.2, 0.25) is 0 Å². The van der Waals surface area contributed by atoms with E-state index in [1.165, 1.54) is 16.8 Å². The molecule has 0 spiro atoms. The van der Waals surface area contributed by atoms with Crippen molar-refractivity contribution in [1.82, 2.24) is 15.4 Å². The van der Waals surface area contributed by atoms with Gasteiger partial charge in [-0.25, -0.2) is 13.1 Å². The van der Waals surface area contributed by atoms with Gasteiger partial charge in [0.15, 0.2) is 5.96 Å². The molecule has 1 aromatic carbocycles. The van der Waals surface area contributed by atoms with Gasteiger partial charge in [0, 0.05) is 35.8 Å². The molecule has 0 amide bonds. The lowest BCUT2D eigenvalue weighted by Gasteiger charge is -2.17. The number of rotatable bonds is 8. The van der Waals surface area contributed by atoms with Gasteiger partial charge in [-0.1, -0.05) is 24.3 Å². The number of nitrogens with zero attached hydrogens (tertiary/aromatic N) is 1. The summed E-state index contributed by atoms with van der Waals surface area (Å²) in [6.07, 6.45) is 0.952. The fourth-order valence-electron chi connectivity index (χ4n) is 2.61. The molecule has 0 fully saturated rings. The molecule has 1 aromatic heterocycles. The van der Waals surface area contributed by atoms with Gasteiger partial charge in [-0.15, -0.1) is 11.3 Å². The van der Waals surface area contributed by atoms with Crippen LogP contribution < -0.4 is 15.4 Å². The molecule has 2 aromatic rings. The summed E-state index contributed by atoms with van der Waals surface area (Å²) >= 11 is 1.82. The summed E-state index contributed by atoms with van der Waals surface area (Å²) in [5.74, 6) is 0.734. The summed E-state index contributed by atoms with van der Waals surface area (Å²) < 4.78 is 25.5. The highest BCUT2D eigenvalue weighted by molar-refractivity contribution is 7.88. The SMILES string of the molecule is CN=C(NCc1ccc(CS(=O)(=O)NC)cc1)NC(C)Cc1ccc(C)s1. The molecule has 1 unspecified atom stereocenters. The Morgan fingerprint density at radius 1 is 1.15 bits per heavy atom. The fourth-order valence-corrected chi connectivity index (χ4v) is 4.40. The van der Waals surface area contributed by atoms with Crippen molar-refractivity contribution in [3.8, 4) is 0 Å². The van der Waals surface area contributed by atoms with E-state index in [0.717, 1.165) is 23.5 Å². The Labute approximate surface area is 166 Å². The molecule has 0 saturated carbocycles. The molecule has 2 rings (SSSR count). The first-order valence-electron chi connectivity index (χ1n) is 8.83. The predicted octanol–water partition coefficient (Wildman–Crippen LogP) is 2.40. The van der Waals surface area contributed by atoms with Crippen LogP contribution >= 0.6 is 11.3 Å². The van der Waals surface area contributed by atoms with Gasteiger partial charge in [0.05, 0.1) is 5.75 Å². The molecule has 1 heterocycles. The van der Waals surface area contributed by atoms with Crippen LogP contribution in [0.15, 0.2) is 41.4 Å². The second kappa shape index (κ2) is 9.87. The molecule has 0 saturated heterocycles. The molecular weight excluding hydrogens is 380 g/mol. The van der Waals surface area contributed by atoms with Crippen LogP contribution in [0.1, 0.15) is 27.8 Å². The maximum absolute atomic E-state index is 11.6. The minimum Gasteiger partial charge on any atom is -0.354 e. The van der Waals surface area contributed by atoms with Gasteiger partial charge in [0.2, 0.25) is 10.0 Å². The number of hydrogen-bond acceptors (Lipinski definition) is 4. The second-order valence-corrected chi connectivity index (χ2v) is 9.77. The number of aliphatic imine (C=N–C) groups is 1. The van der Waals surface area contributed by atoms with Gasteiger partial charge in [-0.05, 0) is 44.2 Å². The van der Waals surface area contributed by atoms with E-state index < -0.39 is 10.0 Å². The average molecular weight is 409 g/mol. The summed E-state index contributed by atoms with van der Waals surface area (Å²) in [4.78, 5) is 6.96. The summed E-state index contributed by atoms with van der Waals surface area (Å²) in [6, 6.07) is 12.1. The Kier molecular flexibility index (Phi) is 7.82. The standard InChI is InChI=1S/C19H28N4O2S2/c1-14(11-18-10-5-15(2)26-18)23-19(20-3)22-12-16-6-8-17(9-7-16)13-27(24,25)21-4/h5-10,14,21H,11-13H2,1-4H3,(H2,20,22,23). The van der Waals surface area contributed by atoms with Gasteiger partial charge in [0.1, 0.15) is 0 Å². The molecule has 27 heavy (non-hydrogen) atoms. The van der Waals surface area contributed by atoms with Crippen LogP contribution in [-0.2, 0) is 28.7 Å². The number of hydrogen-bond donors (Lipinski definition) is 3.